The molecule has 0 bridgehead atoms. The van der Waals surface area contributed by atoms with E-state index in [1.165, 1.54) is 0 Å². The lowest BCUT2D eigenvalue weighted by atomic mass is 9.84. The van der Waals surface area contributed by atoms with Gasteiger partial charge in [0, 0.05) is 31.1 Å². The molecule has 144 valence electrons. The lowest BCUT2D eigenvalue weighted by molar-refractivity contribution is -0.123. The van der Waals surface area contributed by atoms with E-state index in [0.29, 0.717) is 31.2 Å². The molecule has 2 aliphatic rings. The number of carbonyl (C=O) groups excluding carboxylic acids is 1. The van der Waals surface area contributed by atoms with E-state index in [1.54, 1.807) is 0 Å². The lowest BCUT2D eigenvalue weighted by Crippen LogP contribution is -2.44. The van der Waals surface area contributed by atoms with Crippen LogP contribution in [0.4, 0.5) is 0 Å². The molecule has 1 aromatic rings. The highest BCUT2D eigenvalue weighted by molar-refractivity contribution is 6.30. The van der Waals surface area contributed by atoms with Crippen LogP contribution in [0.1, 0.15) is 43.7 Å². The first-order valence-corrected chi connectivity index (χ1v) is 10.0. The Bertz CT molecular complexity index is 592. The normalized spacial score (nSPS) is 25.6. The molecule has 2 N–H and O–H groups in total. The molecular formula is C20H29ClN2O3. The first kappa shape index (κ1) is 19.6. The van der Waals surface area contributed by atoms with Gasteiger partial charge in [-0.05, 0) is 36.5 Å². The second-order valence-corrected chi connectivity index (χ2v) is 7.78. The second kappa shape index (κ2) is 9.70. The summed E-state index contributed by atoms with van der Waals surface area (Å²) in [4.78, 5) is 14.8. The van der Waals surface area contributed by atoms with E-state index in [0.717, 1.165) is 44.3 Å². The third-order valence-electron chi connectivity index (χ3n) is 5.53. The summed E-state index contributed by atoms with van der Waals surface area (Å²) >= 11 is 6.18. The third kappa shape index (κ3) is 5.43. The molecule has 1 aliphatic carbocycles. The number of benzene rings is 1. The van der Waals surface area contributed by atoms with E-state index in [9.17, 15) is 9.90 Å². The van der Waals surface area contributed by atoms with Crippen LogP contribution in [-0.2, 0) is 9.53 Å². The van der Waals surface area contributed by atoms with Crippen LogP contribution in [-0.4, -0.2) is 54.9 Å². The number of halogens is 1. The predicted octanol–water partition coefficient (Wildman–Crippen LogP) is 2.77. The Kier molecular flexibility index (Phi) is 7.32. The van der Waals surface area contributed by atoms with Crippen LogP contribution in [0.2, 0.25) is 5.02 Å². The van der Waals surface area contributed by atoms with Crippen LogP contribution in [0, 0.1) is 5.92 Å². The minimum Gasteiger partial charge on any atom is -0.393 e. The average Bonchev–Trinajstić information content (AvgIpc) is 2.65. The molecule has 6 heteroatoms. The highest BCUT2D eigenvalue weighted by atomic mass is 35.5. The minimum absolute atomic E-state index is 0.0243. The molecule has 1 heterocycles. The van der Waals surface area contributed by atoms with Crippen LogP contribution in [0.5, 0.6) is 0 Å². The van der Waals surface area contributed by atoms with Crippen molar-refractivity contribution >= 4 is 17.5 Å². The van der Waals surface area contributed by atoms with E-state index in [1.807, 2.05) is 18.2 Å². The smallest absolute Gasteiger partial charge is 0.220 e. The maximum Gasteiger partial charge on any atom is 0.220 e. The van der Waals surface area contributed by atoms with Gasteiger partial charge in [0.05, 0.1) is 25.4 Å². The number of nitrogens with one attached hydrogen (secondary N) is 1. The Morgan fingerprint density at radius 3 is 2.81 bits per heavy atom. The monoisotopic (exact) mass is 380 g/mol. The number of ether oxygens (including phenoxy) is 1. The molecule has 1 amide bonds. The van der Waals surface area contributed by atoms with Crippen molar-refractivity contribution in [2.45, 2.75) is 44.2 Å². The Labute approximate surface area is 160 Å². The SMILES string of the molecule is O=C(C[C@H]1CCCC[C@@H]1O)NC[C@H](c1cccc(Cl)c1)N1CCOCC1. The number of morpholine rings is 1. The van der Waals surface area contributed by atoms with E-state index >= 15 is 0 Å². The second-order valence-electron chi connectivity index (χ2n) is 7.34. The standard InChI is InChI=1S/C20H29ClN2O3/c21-17-6-3-5-15(12-17)18(23-8-10-26-11-9-23)14-22-20(25)13-16-4-1-2-7-19(16)24/h3,5-6,12,16,18-19,24H,1-2,4,7-11,13-14H2,(H,22,25)/t16-,18-,19+/m1/s1. The molecule has 0 radical (unpaired) electrons. The van der Waals surface area contributed by atoms with E-state index < -0.39 is 0 Å². The van der Waals surface area contributed by atoms with Crippen molar-refractivity contribution in [2.24, 2.45) is 5.92 Å². The maximum atomic E-state index is 12.5. The fourth-order valence-electron chi connectivity index (χ4n) is 4.01. The molecular weight excluding hydrogens is 352 g/mol. The van der Waals surface area contributed by atoms with Crippen LogP contribution >= 0.6 is 11.6 Å². The number of aliphatic hydroxyl groups is 1. The van der Waals surface area contributed by atoms with Gasteiger partial charge >= 0.3 is 0 Å². The minimum atomic E-state index is -0.336. The lowest BCUT2D eigenvalue weighted by Gasteiger charge is -2.35. The van der Waals surface area contributed by atoms with Gasteiger partial charge in [-0.25, -0.2) is 0 Å². The van der Waals surface area contributed by atoms with Gasteiger partial charge in [-0.1, -0.05) is 36.6 Å². The first-order valence-electron chi connectivity index (χ1n) is 9.65. The van der Waals surface area contributed by atoms with Gasteiger partial charge in [0.15, 0.2) is 0 Å². The van der Waals surface area contributed by atoms with E-state index in [2.05, 4.69) is 16.3 Å². The summed E-state index contributed by atoms with van der Waals surface area (Å²) in [7, 11) is 0. The Morgan fingerprint density at radius 1 is 1.31 bits per heavy atom. The number of aliphatic hydroxyl groups excluding tert-OH is 1. The molecule has 2 fully saturated rings. The Morgan fingerprint density at radius 2 is 2.08 bits per heavy atom. The van der Waals surface area contributed by atoms with Gasteiger partial charge in [0.1, 0.15) is 0 Å². The zero-order valence-corrected chi connectivity index (χ0v) is 16.0. The highest BCUT2D eigenvalue weighted by Gasteiger charge is 2.27. The topological polar surface area (TPSA) is 61.8 Å². The van der Waals surface area contributed by atoms with Crippen molar-refractivity contribution in [1.82, 2.24) is 10.2 Å². The van der Waals surface area contributed by atoms with E-state index in [-0.39, 0.29) is 24.0 Å². The molecule has 0 aromatic heterocycles. The summed E-state index contributed by atoms with van der Waals surface area (Å²) in [5, 5.41) is 13.9. The van der Waals surface area contributed by atoms with Gasteiger partial charge in [0.2, 0.25) is 5.91 Å². The van der Waals surface area contributed by atoms with Crippen molar-refractivity contribution in [2.75, 3.05) is 32.8 Å². The van der Waals surface area contributed by atoms with Gasteiger partial charge in [-0.15, -0.1) is 0 Å². The summed E-state index contributed by atoms with van der Waals surface area (Å²) in [5.74, 6) is 0.119. The number of carbonyl (C=O) groups is 1. The summed E-state index contributed by atoms with van der Waals surface area (Å²) in [5.41, 5.74) is 1.11. The molecule has 3 atom stereocenters. The fraction of sp³-hybridized carbons (Fsp3) is 0.650. The Balaban J connectivity index is 1.60. The van der Waals surface area contributed by atoms with Gasteiger partial charge < -0.3 is 15.2 Å². The maximum absolute atomic E-state index is 12.5. The highest BCUT2D eigenvalue weighted by Crippen LogP contribution is 2.27. The van der Waals surface area contributed by atoms with Crippen LogP contribution in [0.3, 0.4) is 0 Å². The molecule has 3 rings (SSSR count). The molecule has 5 nitrogen and oxygen atoms in total. The molecule has 1 aromatic carbocycles. The van der Waals surface area contributed by atoms with Crippen LogP contribution in [0.25, 0.3) is 0 Å². The van der Waals surface area contributed by atoms with Gasteiger partial charge in [-0.3, -0.25) is 9.69 Å². The van der Waals surface area contributed by atoms with Crippen molar-refractivity contribution in [3.63, 3.8) is 0 Å². The van der Waals surface area contributed by atoms with Crippen molar-refractivity contribution < 1.29 is 14.6 Å². The molecule has 26 heavy (non-hydrogen) atoms. The largest absolute Gasteiger partial charge is 0.393 e. The summed E-state index contributed by atoms with van der Waals surface area (Å²) in [6.45, 7) is 3.64. The number of amides is 1. The number of nitrogens with zero attached hydrogens (tertiary/aromatic N) is 1. The van der Waals surface area contributed by atoms with Crippen molar-refractivity contribution in [1.29, 1.82) is 0 Å². The summed E-state index contributed by atoms with van der Waals surface area (Å²) < 4.78 is 5.46. The third-order valence-corrected chi connectivity index (χ3v) is 5.76. The summed E-state index contributed by atoms with van der Waals surface area (Å²) in [6, 6.07) is 7.93. The molecule has 1 saturated heterocycles. The Hall–Kier alpha value is -1.14. The van der Waals surface area contributed by atoms with Crippen molar-refractivity contribution in [3.8, 4) is 0 Å². The predicted molar refractivity (Wildman–Crippen MR) is 102 cm³/mol. The quantitative estimate of drug-likeness (QED) is 0.796. The molecule has 1 saturated carbocycles. The van der Waals surface area contributed by atoms with Gasteiger partial charge in [0.25, 0.3) is 0 Å². The van der Waals surface area contributed by atoms with Crippen LogP contribution < -0.4 is 5.32 Å². The summed E-state index contributed by atoms with van der Waals surface area (Å²) in [6.07, 6.45) is 4.00. The zero-order valence-electron chi connectivity index (χ0n) is 15.2. The molecule has 0 unspecified atom stereocenters. The molecule has 0 spiro atoms. The van der Waals surface area contributed by atoms with Crippen LogP contribution in [0.15, 0.2) is 24.3 Å². The van der Waals surface area contributed by atoms with Crippen molar-refractivity contribution in [3.05, 3.63) is 34.9 Å². The zero-order chi connectivity index (χ0) is 18.4. The molecule has 1 aliphatic heterocycles. The average molecular weight is 381 g/mol. The van der Waals surface area contributed by atoms with E-state index in [4.69, 9.17) is 16.3 Å². The number of rotatable bonds is 6. The van der Waals surface area contributed by atoms with Gasteiger partial charge in [-0.2, -0.15) is 0 Å². The number of hydrogen-bond donors (Lipinski definition) is 2. The first-order chi connectivity index (χ1) is 12.6. The fourth-order valence-corrected chi connectivity index (χ4v) is 4.21. The number of hydrogen-bond acceptors (Lipinski definition) is 4.